The lowest BCUT2D eigenvalue weighted by molar-refractivity contribution is 0.1000. The molecule has 0 radical (unpaired) electrons. The van der Waals surface area contributed by atoms with E-state index in [1.165, 1.54) is 0 Å². The van der Waals surface area contributed by atoms with E-state index in [-0.39, 0.29) is 24.0 Å². The molecule has 1 heterocycles. The smallest absolute Gasteiger partial charge is 0.248 e. The highest BCUT2D eigenvalue weighted by Crippen LogP contribution is 2.22. The van der Waals surface area contributed by atoms with Gasteiger partial charge in [-0.1, -0.05) is 24.3 Å². The maximum absolute atomic E-state index is 11.4. The molecule has 1 saturated heterocycles. The van der Waals surface area contributed by atoms with Gasteiger partial charge >= 0.3 is 0 Å². The Balaban J connectivity index is 0.00000363. The Labute approximate surface area is 207 Å². The predicted molar refractivity (Wildman–Crippen MR) is 138 cm³/mol. The lowest BCUT2D eigenvalue weighted by atomic mass is 10.1. The SMILES string of the molecule is CCNC(=NCc1cccc(C(N)=O)c1)NCc1ccc(C)cc1OCC1CCOC1.I. The Morgan fingerprint density at radius 3 is 2.81 bits per heavy atom. The molecule has 7 nitrogen and oxygen atoms in total. The van der Waals surface area contributed by atoms with Crippen LogP contribution in [0.1, 0.15) is 40.4 Å². The fraction of sp³-hybridized carbons (Fsp3) is 0.417. The van der Waals surface area contributed by atoms with Gasteiger partial charge in [-0.2, -0.15) is 0 Å². The van der Waals surface area contributed by atoms with Crippen molar-refractivity contribution >= 4 is 35.8 Å². The second-order valence-corrected chi connectivity index (χ2v) is 7.77. The number of amides is 1. The summed E-state index contributed by atoms with van der Waals surface area (Å²) in [5.41, 5.74) is 9.02. The van der Waals surface area contributed by atoms with E-state index < -0.39 is 5.91 Å². The molecule has 3 rings (SSSR count). The number of hydrogen-bond donors (Lipinski definition) is 3. The molecular weight excluding hydrogens is 519 g/mol. The zero-order valence-electron chi connectivity index (χ0n) is 18.7. The number of ether oxygens (including phenoxy) is 2. The third-order valence-corrected chi connectivity index (χ3v) is 5.14. The molecule has 1 amide bonds. The Bertz CT molecular complexity index is 914. The average molecular weight is 552 g/mol. The van der Waals surface area contributed by atoms with Crippen LogP contribution in [0.15, 0.2) is 47.5 Å². The zero-order chi connectivity index (χ0) is 22.1. The average Bonchev–Trinajstić information content (AvgIpc) is 3.29. The van der Waals surface area contributed by atoms with E-state index in [1.807, 2.05) is 19.1 Å². The molecule has 4 N–H and O–H groups in total. The van der Waals surface area contributed by atoms with E-state index in [0.29, 0.717) is 37.1 Å². The fourth-order valence-corrected chi connectivity index (χ4v) is 3.38. The quantitative estimate of drug-likeness (QED) is 0.252. The number of guanidine groups is 1. The van der Waals surface area contributed by atoms with Crippen LogP contribution in [-0.2, 0) is 17.8 Å². The highest BCUT2D eigenvalue weighted by Gasteiger charge is 2.17. The molecule has 32 heavy (non-hydrogen) atoms. The van der Waals surface area contributed by atoms with Crippen molar-refractivity contribution in [1.29, 1.82) is 0 Å². The second-order valence-electron chi connectivity index (χ2n) is 7.77. The molecule has 174 valence electrons. The first-order valence-corrected chi connectivity index (χ1v) is 10.8. The van der Waals surface area contributed by atoms with Crippen molar-refractivity contribution in [1.82, 2.24) is 10.6 Å². The first kappa shape index (κ1) is 25.9. The van der Waals surface area contributed by atoms with E-state index in [2.05, 4.69) is 40.7 Å². The Morgan fingerprint density at radius 1 is 1.25 bits per heavy atom. The van der Waals surface area contributed by atoms with Crippen molar-refractivity contribution in [2.45, 2.75) is 33.4 Å². The third-order valence-electron chi connectivity index (χ3n) is 5.14. The number of primary amides is 1. The highest BCUT2D eigenvalue weighted by atomic mass is 127. The van der Waals surface area contributed by atoms with E-state index in [0.717, 1.165) is 48.6 Å². The minimum absolute atomic E-state index is 0. The molecule has 0 aliphatic carbocycles. The number of nitrogens with one attached hydrogen (secondary N) is 2. The van der Waals surface area contributed by atoms with E-state index >= 15 is 0 Å². The molecule has 2 aromatic carbocycles. The van der Waals surface area contributed by atoms with E-state index in [1.54, 1.807) is 12.1 Å². The molecule has 0 bridgehead atoms. The van der Waals surface area contributed by atoms with Crippen LogP contribution in [0.25, 0.3) is 0 Å². The molecule has 0 saturated carbocycles. The molecular formula is C24H33IN4O3. The largest absolute Gasteiger partial charge is 0.493 e. The Hall–Kier alpha value is -2.33. The van der Waals surface area contributed by atoms with Gasteiger partial charge in [0.05, 0.1) is 19.8 Å². The molecule has 8 heteroatoms. The molecule has 1 aliphatic heterocycles. The van der Waals surface area contributed by atoms with Gasteiger partial charge in [-0.25, -0.2) is 4.99 Å². The van der Waals surface area contributed by atoms with E-state index in [4.69, 9.17) is 15.2 Å². The molecule has 0 spiro atoms. The van der Waals surface area contributed by atoms with Gasteiger partial charge in [-0.15, -0.1) is 24.0 Å². The summed E-state index contributed by atoms with van der Waals surface area (Å²) in [5.74, 6) is 1.61. The summed E-state index contributed by atoms with van der Waals surface area (Å²) >= 11 is 0. The number of rotatable bonds is 9. The van der Waals surface area contributed by atoms with Gasteiger partial charge in [0.25, 0.3) is 0 Å². The number of carbonyl (C=O) groups is 1. The highest BCUT2D eigenvalue weighted by molar-refractivity contribution is 14.0. The van der Waals surface area contributed by atoms with Gasteiger partial charge in [-0.05, 0) is 49.6 Å². The molecule has 2 aromatic rings. The zero-order valence-corrected chi connectivity index (χ0v) is 21.1. The van der Waals surface area contributed by atoms with Crippen molar-refractivity contribution in [3.05, 3.63) is 64.7 Å². The lowest BCUT2D eigenvalue weighted by Gasteiger charge is -2.17. The van der Waals surface area contributed by atoms with Crippen molar-refractivity contribution in [3.8, 4) is 5.75 Å². The van der Waals surface area contributed by atoms with Gasteiger partial charge < -0.3 is 25.8 Å². The fourth-order valence-electron chi connectivity index (χ4n) is 3.38. The maximum atomic E-state index is 11.4. The first-order chi connectivity index (χ1) is 15.0. The summed E-state index contributed by atoms with van der Waals surface area (Å²) in [6.07, 6.45) is 1.05. The minimum Gasteiger partial charge on any atom is -0.493 e. The van der Waals surface area contributed by atoms with Crippen molar-refractivity contribution in [3.63, 3.8) is 0 Å². The Kier molecular flexibility index (Phi) is 10.8. The van der Waals surface area contributed by atoms with Crippen LogP contribution in [0.5, 0.6) is 5.75 Å². The molecule has 1 unspecified atom stereocenters. The van der Waals surface area contributed by atoms with Crippen LogP contribution in [-0.4, -0.2) is 38.2 Å². The topological polar surface area (TPSA) is 98.0 Å². The number of halogens is 1. The van der Waals surface area contributed by atoms with Gasteiger partial charge in [-0.3, -0.25) is 4.79 Å². The van der Waals surface area contributed by atoms with Gasteiger partial charge in [0.15, 0.2) is 5.96 Å². The number of nitrogens with zero attached hydrogens (tertiary/aromatic N) is 1. The van der Waals surface area contributed by atoms with Crippen LogP contribution in [0, 0.1) is 12.8 Å². The lowest BCUT2D eigenvalue weighted by Crippen LogP contribution is -2.36. The van der Waals surface area contributed by atoms with Crippen LogP contribution in [0.4, 0.5) is 0 Å². The summed E-state index contributed by atoms with van der Waals surface area (Å²) in [5, 5.41) is 6.63. The number of benzene rings is 2. The molecule has 1 aliphatic rings. The maximum Gasteiger partial charge on any atom is 0.248 e. The first-order valence-electron chi connectivity index (χ1n) is 10.8. The molecule has 1 atom stereocenters. The van der Waals surface area contributed by atoms with Gasteiger partial charge in [0.1, 0.15) is 5.75 Å². The number of carbonyl (C=O) groups excluding carboxylic acids is 1. The monoisotopic (exact) mass is 552 g/mol. The van der Waals surface area contributed by atoms with Crippen LogP contribution in [0.2, 0.25) is 0 Å². The summed E-state index contributed by atoms with van der Waals surface area (Å²) in [7, 11) is 0. The summed E-state index contributed by atoms with van der Waals surface area (Å²) in [6, 6.07) is 13.5. The minimum atomic E-state index is -0.438. The van der Waals surface area contributed by atoms with Crippen LogP contribution in [0.3, 0.4) is 0 Å². The standard InChI is InChI=1S/C24H32N4O3.HI/c1-3-26-24(27-13-18-5-4-6-20(12-18)23(25)29)28-14-21-8-7-17(2)11-22(21)31-16-19-9-10-30-15-19;/h4-8,11-12,19H,3,9-10,13-16H2,1-2H3,(H2,25,29)(H2,26,27,28);1H. The molecule has 1 fully saturated rings. The molecule has 0 aromatic heterocycles. The number of hydrogen-bond acceptors (Lipinski definition) is 4. The number of nitrogens with two attached hydrogens (primary N) is 1. The summed E-state index contributed by atoms with van der Waals surface area (Å²) in [6.45, 7) is 8.12. The van der Waals surface area contributed by atoms with Crippen molar-refractivity contribution in [2.24, 2.45) is 16.6 Å². The second kappa shape index (κ2) is 13.3. The normalized spacial score (nSPS) is 15.7. The Morgan fingerprint density at radius 2 is 2.09 bits per heavy atom. The van der Waals surface area contributed by atoms with Crippen LogP contribution >= 0.6 is 24.0 Å². The van der Waals surface area contributed by atoms with Crippen LogP contribution < -0.4 is 21.1 Å². The van der Waals surface area contributed by atoms with Gasteiger partial charge in [0, 0.05) is 36.7 Å². The van der Waals surface area contributed by atoms with Gasteiger partial charge in [0.2, 0.25) is 5.91 Å². The summed E-state index contributed by atoms with van der Waals surface area (Å²) in [4.78, 5) is 16.0. The number of aliphatic imine (C=N–C) groups is 1. The predicted octanol–water partition coefficient (Wildman–Crippen LogP) is 3.38. The third kappa shape index (κ3) is 7.98. The van der Waals surface area contributed by atoms with Crippen molar-refractivity contribution < 1.29 is 14.3 Å². The van der Waals surface area contributed by atoms with E-state index in [9.17, 15) is 4.79 Å². The summed E-state index contributed by atoms with van der Waals surface area (Å²) < 4.78 is 11.6. The number of aryl methyl sites for hydroxylation is 1. The van der Waals surface area contributed by atoms with Crippen molar-refractivity contribution in [2.75, 3.05) is 26.4 Å².